The number of nitrogens with zero attached hydrogens (tertiary/aromatic N) is 2. The average Bonchev–Trinajstić information content (AvgIpc) is 3.05. The first-order valence-electron chi connectivity index (χ1n) is 7.69. The van der Waals surface area contributed by atoms with Crippen LogP contribution in [-0.2, 0) is 0 Å². The van der Waals surface area contributed by atoms with Crippen molar-refractivity contribution in [2.24, 2.45) is 0 Å². The lowest BCUT2D eigenvalue weighted by molar-refractivity contribution is 0.0835. The molecule has 2 aromatic rings. The summed E-state index contributed by atoms with van der Waals surface area (Å²) in [5.41, 5.74) is -0.186. The van der Waals surface area contributed by atoms with E-state index in [4.69, 9.17) is 4.74 Å². The highest BCUT2D eigenvalue weighted by Crippen LogP contribution is 2.30. The molecule has 0 bridgehead atoms. The van der Waals surface area contributed by atoms with Crippen molar-refractivity contribution in [3.63, 3.8) is 0 Å². The van der Waals surface area contributed by atoms with Gasteiger partial charge in [-0.25, -0.2) is 4.98 Å². The summed E-state index contributed by atoms with van der Waals surface area (Å²) < 4.78 is 5.66. The monoisotopic (exact) mass is 313 g/mol. The summed E-state index contributed by atoms with van der Waals surface area (Å²) in [6.07, 6.45) is 8.36. The molecule has 0 radical (unpaired) electrons. The number of ether oxygens (including phenoxy) is 1. The van der Waals surface area contributed by atoms with E-state index in [0.717, 1.165) is 25.7 Å². The van der Waals surface area contributed by atoms with Gasteiger partial charge in [0.15, 0.2) is 0 Å². The van der Waals surface area contributed by atoms with Crippen molar-refractivity contribution in [1.82, 2.24) is 15.3 Å². The highest BCUT2D eigenvalue weighted by molar-refractivity contribution is 5.96. The van der Waals surface area contributed by atoms with E-state index < -0.39 is 5.54 Å². The molecule has 120 valence electrons. The molecule has 1 saturated carbocycles. The molecule has 0 aromatic carbocycles. The van der Waals surface area contributed by atoms with Crippen LogP contribution < -0.4 is 10.1 Å². The van der Waals surface area contributed by atoms with Gasteiger partial charge in [0.2, 0.25) is 5.88 Å². The molecule has 1 fully saturated rings. The van der Waals surface area contributed by atoms with Crippen molar-refractivity contribution in [3.05, 3.63) is 48.4 Å². The zero-order valence-corrected chi connectivity index (χ0v) is 12.7. The summed E-state index contributed by atoms with van der Waals surface area (Å²) in [4.78, 5) is 20.7. The van der Waals surface area contributed by atoms with Gasteiger partial charge in [-0.1, -0.05) is 12.8 Å². The molecule has 1 aliphatic rings. The molecule has 0 atom stereocenters. The Labute approximate surface area is 134 Å². The molecule has 2 N–H and O–H groups in total. The number of hydrogen-bond donors (Lipinski definition) is 2. The van der Waals surface area contributed by atoms with E-state index in [-0.39, 0.29) is 18.4 Å². The normalized spacial score (nSPS) is 16.0. The minimum Gasteiger partial charge on any atom is -0.437 e. The standard InChI is InChI=1S/C17H19N3O3/c21-12-17(7-1-2-8-17)20-15(22)14-6-4-10-19-16(14)23-13-5-3-9-18-11-13/h3-6,9-11,21H,1-2,7-8,12H2,(H,20,22). The SMILES string of the molecule is O=C(NC1(CO)CCCC1)c1cccnc1Oc1cccnc1. The van der Waals surface area contributed by atoms with Crippen LogP contribution >= 0.6 is 0 Å². The number of amides is 1. The van der Waals surface area contributed by atoms with E-state index in [1.165, 1.54) is 0 Å². The Kier molecular flexibility index (Phi) is 4.52. The third kappa shape index (κ3) is 3.48. The van der Waals surface area contributed by atoms with Gasteiger partial charge in [0, 0.05) is 12.4 Å². The van der Waals surface area contributed by atoms with Crippen LogP contribution in [0.15, 0.2) is 42.9 Å². The van der Waals surface area contributed by atoms with E-state index in [1.54, 1.807) is 42.9 Å². The van der Waals surface area contributed by atoms with Gasteiger partial charge in [0.05, 0.1) is 18.3 Å². The highest BCUT2D eigenvalue weighted by Gasteiger charge is 2.35. The van der Waals surface area contributed by atoms with Gasteiger partial charge in [0.25, 0.3) is 5.91 Å². The van der Waals surface area contributed by atoms with Crippen LogP contribution in [0.5, 0.6) is 11.6 Å². The van der Waals surface area contributed by atoms with E-state index in [9.17, 15) is 9.90 Å². The predicted octanol–water partition coefficient (Wildman–Crippen LogP) is 2.30. The number of carbonyl (C=O) groups is 1. The van der Waals surface area contributed by atoms with Crippen molar-refractivity contribution in [3.8, 4) is 11.6 Å². The predicted molar refractivity (Wildman–Crippen MR) is 84.3 cm³/mol. The van der Waals surface area contributed by atoms with Gasteiger partial charge in [0.1, 0.15) is 11.3 Å². The first-order valence-corrected chi connectivity index (χ1v) is 7.69. The second-order valence-corrected chi connectivity index (χ2v) is 5.75. The number of hydrogen-bond acceptors (Lipinski definition) is 5. The second-order valence-electron chi connectivity index (χ2n) is 5.75. The summed E-state index contributed by atoms with van der Waals surface area (Å²) in [7, 11) is 0. The molecule has 2 aromatic heterocycles. The summed E-state index contributed by atoms with van der Waals surface area (Å²) in [6.45, 7) is -0.0577. The minimum atomic E-state index is -0.529. The van der Waals surface area contributed by atoms with Gasteiger partial charge in [-0.15, -0.1) is 0 Å². The maximum absolute atomic E-state index is 12.6. The van der Waals surface area contributed by atoms with E-state index >= 15 is 0 Å². The van der Waals surface area contributed by atoms with Crippen LogP contribution in [0, 0.1) is 0 Å². The Morgan fingerprint density at radius 2 is 2.04 bits per heavy atom. The third-order valence-corrected chi connectivity index (χ3v) is 4.11. The summed E-state index contributed by atoms with van der Waals surface area (Å²) >= 11 is 0. The number of pyridine rings is 2. The molecule has 6 heteroatoms. The summed E-state index contributed by atoms with van der Waals surface area (Å²) in [6, 6.07) is 6.84. The smallest absolute Gasteiger partial charge is 0.257 e. The van der Waals surface area contributed by atoms with Gasteiger partial charge >= 0.3 is 0 Å². The largest absolute Gasteiger partial charge is 0.437 e. The zero-order chi connectivity index (χ0) is 16.1. The van der Waals surface area contributed by atoms with Crippen molar-refractivity contribution in [2.75, 3.05) is 6.61 Å². The first-order chi connectivity index (χ1) is 11.2. The van der Waals surface area contributed by atoms with Crippen LogP contribution in [0.2, 0.25) is 0 Å². The van der Waals surface area contributed by atoms with E-state index in [1.807, 2.05) is 0 Å². The number of aromatic nitrogens is 2. The minimum absolute atomic E-state index is 0.0577. The maximum Gasteiger partial charge on any atom is 0.257 e. The molecule has 1 aliphatic carbocycles. The second kappa shape index (κ2) is 6.75. The van der Waals surface area contributed by atoms with Crippen LogP contribution in [0.4, 0.5) is 0 Å². The molecule has 0 spiro atoms. The molecule has 0 unspecified atom stereocenters. The molecule has 1 amide bonds. The number of nitrogens with one attached hydrogen (secondary N) is 1. The quantitative estimate of drug-likeness (QED) is 0.885. The Morgan fingerprint density at radius 3 is 2.74 bits per heavy atom. The van der Waals surface area contributed by atoms with E-state index in [2.05, 4.69) is 15.3 Å². The van der Waals surface area contributed by atoms with Crippen LogP contribution in [0.25, 0.3) is 0 Å². The Morgan fingerprint density at radius 1 is 1.26 bits per heavy atom. The number of aliphatic hydroxyl groups excluding tert-OH is 1. The molecular formula is C17H19N3O3. The third-order valence-electron chi connectivity index (χ3n) is 4.11. The molecule has 0 aliphatic heterocycles. The molecule has 6 nitrogen and oxygen atoms in total. The Bertz CT molecular complexity index is 670. The topological polar surface area (TPSA) is 84.3 Å². The van der Waals surface area contributed by atoms with Crippen LogP contribution in [0.3, 0.4) is 0 Å². The van der Waals surface area contributed by atoms with Crippen molar-refractivity contribution in [1.29, 1.82) is 0 Å². The molecular weight excluding hydrogens is 294 g/mol. The van der Waals surface area contributed by atoms with E-state index in [0.29, 0.717) is 11.3 Å². The molecule has 3 rings (SSSR count). The lowest BCUT2D eigenvalue weighted by Crippen LogP contribution is -2.49. The average molecular weight is 313 g/mol. The fourth-order valence-corrected chi connectivity index (χ4v) is 2.85. The zero-order valence-electron chi connectivity index (χ0n) is 12.7. The molecule has 2 heterocycles. The Hall–Kier alpha value is -2.47. The Balaban J connectivity index is 1.81. The van der Waals surface area contributed by atoms with Gasteiger partial charge in [-0.05, 0) is 37.1 Å². The summed E-state index contributed by atoms with van der Waals surface area (Å²) in [5, 5.41) is 12.6. The fourth-order valence-electron chi connectivity index (χ4n) is 2.85. The number of carbonyl (C=O) groups excluding carboxylic acids is 1. The van der Waals surface area contributed by atoms with Gasteiger partial charge in [-0.2, -0.15) is 0 Å². The van der Waals surface area contributed by atoms with Gasteiger partial charge < -0.3 is 15.2 Å². The van der Waals surface area contributed by atoms with Crippen LogP contribution in [0.1, 0.15) is 36.0 Å². The van der Waals surface area contributed by atoms with Crippen molar-refractivity contribution >= 4 is 5.91 Å². The lowest BCUT2D eigenvalue weighted by Gasteiger charge is -2.28. The number of rotatable bonds is 5. The first kappa shape index (κ1) is 15.4. The molecule has 23 heavy (non-hydrogen) atoms. The highest BCUT2D eigenvalue weighted by atomic mass is 16.5. The van der Waals surface area contributed by atoms with Crippen molar-refractivity contribution in [2.45, 2.75) is 31.2 Å². The maximum atomic E-state index is 12.6. The summed E-state index contributed by atoms with van der Waals surface area (Å²) in [5.74, 6) is 0.454. The van der Waals surface area contributed by atoms with Crippen LogP contribution in [-0.4, -0.2) is 33.1 Å². The van der Waals surface area contributed by atoms with Crippen molar-refractivity contribution < 1.29 is 14.6 Å². The molecule has 0 saturated heterocycles. The fraction of sp³-hybridized carbons (Fsp3) is 0.353. The lowest BCUT2D eigenvalue weighted by atomic mass is 9.98. The van der Waals surface area contributed by atoms with Gasteiger partial charge in [-0.3, -0.25) is 9.78 Å². The number of aliphatic hydroxyl groups is 1.